The number of aromatic nitrogens is 1. The number of rotatable bonds is 3. The van der Waals surface area contributed by atoms with E-state index >= 15 is 0 Å². The van der Waals surface area contributed by atoms with Gasteiger partial charge in [0.25, 0.3) is 0 Å². The molecule has 76 valence electrons. The molecular formula is C11H16N2O. The fourth-order valence-corrected chi connectivity index (χ4v) is 1.88. The number of hydrogen-bond donors (Lipinski definition) is 1. The summed E-state index contributed by atoms with van der Waals surface area (Å²) in [4.78, 5) is 4.34. The molecule has 14 heavy (non-hydrogen) atoms. The molecule has 1 atom stereocenters. The molecule has 0 aromatic carbocycles. The fraction of sp³-hybridized carbons (Fsp3) is 0.545. The molecule has 0 radical (unpaired) electrons. The van der Waals surface area contributed by atoms with Gasteiger partial charge in [-0.05, 0) is 37.9 Å². The van der Waals surface area contributed by atoms with E-state index in [0.29, 0.717) is 0 Å². The Hall–Kier alpha value is -1.09. The van der Waals surface area contributed by atoms with Gasteiger partial charge >= 0.3 is 0 Å². The zero-order valence-electron chi connectivity index (χ0n) is 8.49. The Kier molecular flexibility index (Phi) is 2.99. The summed E-state index contributed by atoms with van der Waals surface area (Å²) >= 11 is 0. The van der Waals surface area contributed by atoms with E-state index in [1.54, 1.807) is 7.11 Å². The number of pyridine rings is 1. The van der Waals surface area contributed by atoms with Gasteiger partial charge in [0, 0.05) is 18.0 Å². The van der Waals surface area contributed by atoms with Crippen molar-refractivity contribution in [2.75, 3.05) is 20.2 Å². The maximum Gasteiger partial charge on any atom is 0.122 e. The zero-order valence-corrected chi connectivity index (χ0v) is 8.49. The van der Waals surface area contributed by atoms with E-state index in [1.807, 2.05) is 18.3 Å². The van der Waals surface area contributed by atoms with E-state index in [4.69, 9.17) is 4.74 Å². The van der Waals surface area contributed by atoms with Crippen molar-refractivity contribution in [1.29, 1.82) is 0 Å². The Labute approximate surface area is 84.5 Å². The van der Waals surface area contributed by atoms with E-state index in [9.17, 15) is 0 Å². The van der Waals surface area contributed by atoms with Crippen LogP contribution in [0, 0.1) is 5.92 Å². The van der Waals surface area contributed by atoms with Crippen LogP contribution in [0.4, 0.5) is 0 Å². The number of ether oxygens (including phenoxy) is 1. The van der Waals surface area contributed by atoms with Crippen LogP contribution in [0.15, 0.2) is 18.3 Å². The molecule has 1 N–H and O–H groups in total. The van der Waals surface area contributed by atoms with Crippen LogP contribution in [0.5, 0.6) is 5.75 Å². The van der Waals surface area contributed by atoms with Crippen molar-refractivity contribution in [2.45, 2.75) is 12.8 Å². The molecule has 0 amide bonds. The second-order valence-electron chi connectivity index (χ2n) is 3.75. The Morgan fingerprint density at radius 3 is 3.29 bits per heavy atom. The molecule has 0 saturated carbocycles. The van der Waals surface area contributed by atoms with E-state index in [2.05, 4.69) is 10.3 Å². The summed E-state index contributed by atoms with van der Waals surface area (Å²) in [5.74, 6) is 1.65. The summed E-state index contributed by atoms with van der Waals surface area (Å²) in [6.45, 7) is 2.27. The first-order valence-electron chi connectivity index (χ1n) is 5.08. The van der Waals surface area contributed by atoms with Gasteiger partial charge in [-0.3, -0.25) is 4.98 Å². The van der Waals surface area contributed by atoms with Gasteiger partial charge < -0.3 is 10.1 Å². The molecule has 1 unspecified atom stereocenters. The monoisotopic (exact) mass is 192 g/mol. The maximum atomic E-state index is 5.16. The van der Waals surface area contributed by atoms with Crippen LogP contribution in [0.3, 0.4) is 0 Å². The smallest absolute Gasteiger partial charge is 0.122 e. The lowest BCUT2D eigenvalue weighted by molar-refractivity contribution is 0.413. The fourth-order valence-electron chi connectivity index (χ4n) is 1.88. The van der Waals surface area contributed by atoms with E-state index in [-0.39, 0.29) is 0 Å². The highest BCUT2D eigenvalue weighted by atomic mass is 16.5. The van der Waals surface area contributed by atoms with E-state index < -0.39 is 0 Å². The third kappa shape index (κ3) is 2.23. The highest BCUT2D eigenvalue weighted by Crippen LogP contribution is 2.16. The normalized spacial score (nSPS) is 21.1. The molecule has 1 aromatic rings. The van der Waals surface area contributed by atoms with Gasteiger partial charge in [-0.1, -0.05) is 0 Å². The Morgan fingerprint density at radius 1 is 1.64 bits per heavy atom. The summed E-state index contributed by atoms with van der Waals surface area (Å²) in [7, 11) is 1.69. The molecule has 1 aliphatic heterocycles. The van der Waals surface area contributed by atoms with Crippen molar-refractivity contribution in [3.05, 3.63) is 24.0 Å². The summed E-state index contributed by atoms with van der Waals surface area (Å²) in [6, 6.07) is 3.91. The van der Waals surface area contributed by atoms with Gasteiger partial charge in [0.2, 0.25) is 0 Å². The SMILES string of the molecule is COc1ccnc(CC2CCNC2)c1. The van der Waals surface area contributed by atoms with Gasteiger partial charge in [-0.15, -0.1) is 0 Å². The number of hydrogen-bond acceptors (Lipinski definition) is 3. The molecular weight excluding hydrogens is 176 g/mol. The molecule has 1 aromatic heterocycles. The largest absolute Gasteiger partial charge is 0.497 e. The van der Waals surface area contributed by atoms with Crippen molar-refractivity contribution in [3.8, 4) is 5.75 Å². The lowest BCUT2D eigenvalue weighted by Gasteiger charge is -2.08. The van der Waals surface area contributed by atoms with Crippen LogP contribution >= 0.6 is 0 Å². The minimum Gasteiger partial charge on any atom is -0.497 e. The number of methoxy groups -OCH3 is 1. The third-order valence-electron chi connectivity index (χ3n) is 2.68. The highest BCUT2D eigenvalue weighted by Gasteiger charge is 2.15. The number of nitrogens with zero attached hydrogens (tertiary/aromatic N) is 1. The van der Waals surface area contributed by atoms with Crippen LogP contribution in [-0.4, -0.2) is 25.2 Å². The second-order valence-corrected chi connectivity index (χ2v) is 3.75. The van der Waals surface area contributed by atoms with Crippen molar-refractivity contribution in [1.82, 2.24) is 10.3 Å². The van der Waals surface area contributed by atoms with Crippen molar-refractivity contribution < 1.29 is 4.74 Å². The molecule has 1 fully saturated rings. The van der Waals surface area contributed by atoms with Crippen molar-refractivity contribution in [3.63, 3.8) is 0 Å². The summed E-state index contributed by atoms with van der Waals surface area (Å²) in [5, 5.41) is 3.36. The summed E-state index contributed by atoms with van der Waals surface area (Å²) in [5.41, 5.74) is 1.14. The molecule has 3 nitrogen and oxygen atoms in total. The zero-order chi connectivity index (χ0) is 9.80. The Morgan fingerprint density at radius 2 is 2.57 bits per heavy atom. The van der Waals surface area contributed by atoms with Gasteiger partial charge in [0.15, 0.2) is 0 Å². The van der Waals surface area contributed by atoms with Crippen LogP contribution in [0.2, 0.25) is 0 Å². The quantitative estimate of drug-likeness (QED) is 0.782. The van der Waals surface area contributed by atoms with Crippen molar-refractivity contribution >= 4 is 0 Å². The van der Waals surface area contributed by atoms with Gasteiger partial charge in [0.05, 0.1) is 7.11 Å². The summed E-state index contributed by atoms with van der Waals surface area (Å²) in [6.07, 6.45) is 4.14. The molecule has 0 bridgehead atoms. The van der Waals surface area contributed by atoms with Crippen molar-refractivity contribution in [2.24, 2.45) is 5.92 Å². The molecule has 0 aliphatic carbocycles. The van der Waals surface area contributed by atoms with Gasteiger partial charge in [0.1, 0.15) is 5.75 Å². The first kappa shape index (κ1) is 9.46. The minimum atomic E-state index is 0.745. The summed E-state index contributed by atoms with van der Waals surface area (Å²) < 4.78 is 5.16. The van der Waals surface area contributed by atoms with Crippen LogP contribution in [0.1, 0.15) is 12.1 Å². The first-order valence-corrected chi connectivity index (χ1v) is 5.08. The molecule has 3 heteroatoms. The molecule has 1 aliphatic rings. The Balaban J connectivity index is 2.00. The highest BCUT2D eigenvalue weighted by molar-refractivity contribution is 5.22. The average Bonchev–Trinajstić information content (AvgIpc) is 2.71. The van der Waals surface area contributed by atoms with Crippen LogP contribution < -0.4 is 10.1 Å². The minimum absolute atomic E-state index is 0.745. The van der Waals surface area contributed by atoms with Crippen LogP contribution in [0.25, 0.3) is 0 Å². The second kappa shape index (κ2) is 4.42. The predicted octanol–water partition coefficient (Wildman–Crippen LogP) is 1.24. The lowest BCUT2D eigenvalue weighted by atomic mass is 10.0. The average molecular weight is 192 g/mol. The first-order chi connectivity index (χ1) is 6.88. The molecule has 2 heterocycles. The molecule has 2 rings (SSSR count). The Bertz CT molecular complexity index is 295. The van der Waals surface area contributed by atoms with E-state index in [0.717, 1.165) is 36.9 Å². The molecule has 0 spiro atoms. The lowest BCUT2D eigenvalue weighted by Crippen LogP contribution is -2.11. The maximum absolute atomic E-state index is 5.16. The number of nitrogens with one attached hydrogen (secondary N) is 1. The topological polar surface area (TPSA) is 34.1 Å². The molecule has 1 saturated heterocycles. The van der Waals surface area contributed by atoms with E-state index in [1.165, 1.54) is 6.42 Å². The van der Waals surface area contributed by atoms with Gasteiger partial charge in [-0.25, -0.2) is 0 Å². The third-order valence-corrected chi connectivity index (χ3v) is 2.68. The standard InChI is InChI=1S/C11H16N2O/c1-14-11-3-5-13-10(7-11)6-9-2-4-12-8-9/h3,5,7,9,12H,2,4,6,8H2,1H3. The van der Waals surface area contributed by atoms with Crippen LogP contribution in [-0.2, 0) is 6.42 Å². The predicted molar refractivity (Wildman–Crippen MR) is 55.5 cm³/mol. The van der Waals surface area contributed by atoms with Gasteiger partial charge in [-0.2, -0.15) is 0 Å².